The van der Waals surface area contributed by atoms with E-state index in [1.807, 2.05) is 18.2 Å². The maximum Gasteiger partial charge on any atom is 0.230 e. The van der Waals surface area contributed by atoms with Gasteiger partial charge >= 0.3 is 0 Å². The molecule has 0 saturated heterocycles. The SMILES string of the molecule is NC1CCCCC1NC(=O)C1(c2ccccc2)CC1. The van der Waals surface area contributed by atoms with Crippen molar-refractivity contribution in [3.05, 3.63) is 35.9 Å². The molecular formula is C16H22N2O. The van der Waals surface area contributed by atoms with E-state index in [-0.39, 0.29) is 23.4 Å². The van der Waals surface area contributed by atoms with Crippen molar-refractivity contribution in [1.29, 1.82) is 0 Å². The van der Waals surface area contributed by atoms with Gasteiger partial charge in [0.2, 0.25) is 5.91 Å². The Labute approximate surface area is 114 Å². The van der Waals surface area contributed by atoms with E-state index in [1.165, 1.54) is 12.8 Å². The summed E-state index contributed by atoms with van der Waals surface area (Å²) >= 11 is 0. The molecule has 102 valence electrons. The van der Waals surface area contributed by atoms with Crippen molar-refractivity contribution < 1.29 is 4.79 Å². The lowest BCUT2D eigenvalue weighted by atomic mass is 9.89. The molecule has 2 fully saturated rings. The highest BCUT2D eigenvalue weighted by molar-refractivity contribution is 5.91. The number of hydrogen-bond acceptors (Lipinski definition) is 2. The summed E-state index contributed by atoms with van der Waals surface area (Å²) in [7, 11) is 0. The summed E-state index contributed by atoms with van der Waals surface area (Å²) in [5.74, 6) is 0.182. The second kappa shape index (κ2) is 4.97. The van der Waals surface area contributed by atoms with Gasteiger partial charge in [-0.2, -0.15) is 0 Å². The van der Waals surface area contributed by atoms with Crippen molar-refractivity contribution in [1.82, 2.24) is 5.32 Å². The van der Waals surface area contributed by atoms with E-state index in [0.29, 0.717) is 0 Å². The molecule has 0 aliphatic heterocycles. The predicted molar refractivity (Wildman–Crippen MR) is 75.7 cm³/mol. The lowest BCUT2D eigenvalue weighted by Crippen LogP contribution is -2.51. The third-order valence-electron chi connectivity index (χ3n) is 4.65. The summed E-state index contributed by atoms with van der Waals surface area (Å²) in [6.45, 7) is 0. The van der Waals surface area contributed by atoms with Gasteiger partial charge in [-0.25, -0.2) is 0 Å². The zero-order chi connectivity index (χ0) is 13.3. The van der Waals surface area contributed by atoms with Crippen LogP contribution in [0.3, 0.4) is 0 Å². The van der Waals surface area contributed by atoms with Crippen LogP contribution in [0.4, 0.5) is 0 Å². The van der Waals surface area contributed by atoms with Crippen LogP contribution in [0.15, 0.2) is 30.3 Å². The molecule has 2 saturated carbocycles. The summed E-state index contributed by atoms with van der Waals surface area (Å²) in [6, 6.07) is 10.4. The topological polar surface area (TPSA) is 55.1 Å². The van der Waals surface area contributed by atoms with Gasteiger partial charge in [0.1, 0.15) is 0 Å². The van der Waals surface area contributed by atoms with E-state index >= 15 is 0 Å². The fourth-order valence-electron chi connectivity index (χ4n) is 3.17. The number of rotatable bonds is 3. The van der Waals surface area contributed by atoms with Crippen molar-refractivity contribution in [2.24, 2.45) is 5.73 Å². The highest BCUT2D eigenvalue weighted by atomic mass is 16.2. The van der Waals surface area contributed by atoms with Gasteiger partial charge in [0.05, 0.1) is 5.41 Å². The molecule has 2 aliphatic carbocycles. The maximum atomic E-state index is 12.6. The van der Waals surface area contributed by atoms with Gasteiger partial charge in [0.15, 0.2) is 0 Å². The number of carbonyl (C=O) groups is 1. The van der Waals surface area contributed by atoms with Crippen LogP contribution in [0, 0.1) is 0 Å². The third kappa shape index (κ3) is 2.39. The molecule has 0 bridgehead atoms. The van der Waals surface area contributed by atoms with Crippen LogP contribution in [0.1, 0.15) is 44.1 Å². The number of hydrogen-bond donors (Lipinski definition) is 2. The zero-order valence-corrected chi connectivity index (χ0v) is 11.3. The molecular weight excluding hydrogens is 236 g/mol. The van der Waals surface area contributed by atoms with Crippen LogP contribution in [0.2, 0.25) is 0 Å². The van der Waals surface area contributed by atoms with E-state index in [2.05, 4.69) is 17.4 Å². The molecule has 2 atom stereocenters. The predicted octanol–water partition coefficient (Wildman–Crippen LogP) is 2.10. The van der Waals surface area contributed by atoms with Gasteiger partial charge in [-0.3, -0.25) is 4.79 Å². The summed E-state index contributed by atoms with van der Waals surface area (Å²) in [6.07, 6.45) is 6.35. The van der Waals surface area contributed by atoms with Gasteiger partial charge in [-0.15, -0.1) is 0 Å². The first-order chi connectivity index (χ1) is 9.22. The molecule has 1 amide bonds. The van der Waals surface area contributed by atoms with E-state index in [4.69, 9.17) is 5.73 Å². The third-order valence-corrected chi connectivity index (χ3v) is 4.65. The number of benzene rings is 1. The van der Waals surface area contributed by atoms with Gasteiger partial charge in [-0.1, -0.05) is 43.2 Å². The largest absolute Gasteiger partial charge is 0.351 e. The van der Waals surface area contributed by atoms with Crippen LogP contribution in [-0.2, 0) is 10.2 Å². The van der Waals surface area contributed by atoms with Crippen LogP contribution < -0.4 is 11.1 Å². The van der Waals surface area contributed by atoms with Gasteiger partial charge in [0.25, 0.3) is 0 Å². The first-order valence-electron chi connectivity index (χ1n) is 7.34. The Kier molecular flexibility index (Phi) is 3.31. The van der Waals surface area contributed by atoms with Crippen LogP contribution in [0.5, 0.6) is 0 Å². The summed E-state index contributed by atoms with van der Waals surface area (Å²) in [5.41, 5.74) is 7.00. The molecule has 3 nitrogen and oxygen atoms in total. The fourth-order valence-corrected chi connectivity index (χ4v) is 3.17. The minimum Gasteiger partial charge on any atom is -0.351 e. The van der Waals surface area contributed by atoms with E-state index in [1.54, 1.807) is 0 Å². The fraction of sp³-hybridized carbons (Fsp3) is 0.562. The minimum absolute atomic E-state index is 0.129. The van der Waals surface area contributed by atoms with Crippen LogP contribution >= 0.6 is 0 Å². The average Bonchev–Trinajstić information content (AvgIpc) is 3.24. The highest BCUT2D eigenvalue weighted by Crippen LogP contribution is 2.48. The Balaban J connectivity index is 1.70. The van der Waals surface area contributed by atoms with E-state index in [9.17, 15) is 4.79 Å². The van der Waals surface area contributed by atoms with Crippen molar-refractivity contribution in [3.63, 3.8) is 0 Å². The molecule has 0 radical (unpaired) electrons. The van der Waals surface area contributed by atoms with Gasteiger partial charge in [-0.05, 0) is 31.2 Å². The Bertz CT molecular complexity index is 453. The number of nitrogens with one attached hydrogen (secondary N) is 1. The Morgan fingerprint density at radius 1 is 1.16 bits per heavy atom. The molecule has 2 aliphatic rings. The normalized spacial score (nSPS) is 28.7. The molecule has 3 heteroatoms. The second-order valence-electron chi connectivity index (χ2n) is 5.98. The van der Waals surface area contributed by atoms with Crippen molar-refractivity contribution >= 4 is 5.91 Å². The number of carbonyl (C=O) groups excluding carboxylic acids is 1. The minimum atomic E-state index is -0.265. The summed E-state index contributed by atoms with van der Waals surface area (Å²) in [5, 5.41) is 3.21. The Morgan fingerprint density at radius 2 is 1.84 bits per heavy atom. The molecule has 3 rings (SSSR count). The molecule has 1 aromatic carbocycles. The van der Waals surface area contributed by atoms with E-state index in [0.717, 1.165) is 31.2 Å². The zero-order valence-electron chi connectivity index (χ0n) is 11.3. The van der Waals surface area contributed by atoms with E-state index < -0.39 is 0 Å². The van der Waals surface area contributed by atoms with Gasteiger partial charge in [0, 0.05) is 12.1 Å². The van der Waals surface area contributed by atoms with Crippen molar-refractivity contribution in [3.8, 4) is 0 Å². The lowest BCUT2D eigenvalue weighted by Gasteiger charge is -2.31. The monoisotopic (exact) mass is 258 g/mol. The molecule has 0 heterocycles. The van der Waals surface area contributed by atoms with Gasteiger partial charge < -0.3 is 11.1 Å². The molecule has 0 aromatic heterocycles. The molecule has 3 N–H and O–H groups in total. The number of amides is 1. The molecule has 0 spiro atoms. The molecule has 19 heavy (non-hydrogen) atoms. The summed E-state index contributed by atoms with van der Waals surface area (Å²) in [4.78, 5) is 12.6. The van der Waals surface area contributed by atoms with Crippen LogP contribution in [-0.4, -0.2) is 18.0 Å². The quantitative estimate of drug-likeness (QED) is 0.872. The van der Waals surface area contributed by atoms with Crippen molar-refractivity contribution in [2.45, 2.75) is 56.0 Å². The second-order valence-corrected chi connectivity index (χ2v) is 5.98. The first-order valence-corrected chi connectivity index (χ1v) is 7.34. The van der Waals surface area contributed by atoms with Crippen molar-refractivity contribution in [2.75, 3.05) is 0 Å². The number of nitrogens with two attached hydrogens (primary N) is 1. The first kappa shape index (κ1) is 12.7. The summed E-state index contributed by atoms with van der Waals surface area (Å²) < 4.78 is 0. The smallest absolute Gasteiger partial charge is 0.230 e. The molecule has 2 unspecified atom stereocenters. The lowest BCUT2D eigenvalue weighted by molar-refractivity contribution is -0.124. The van der Waals surface area contributed by atoms with Crippen LogP contribution in [0.25, 0.3) is 0 Å². The maximum absolute atomic E-state index is 12.6. The Morgan fingerprint density at radius 3 is 2.47 bits per heavy atom. The highest BCUT2D eigenvalue weighted by Gasteiger charge is 2.51. The average molecular weight is 258 g/mol. The molecule has 1 aromatic rings. The Hall–Kier alpha value is -1.35. The standard InChI is InChI=1S/C16H22N2O/c17-13-8-4-5-9-14(13)18-15(19)16(10-11-16)12-6-2-1-3-7-12/h1-3,6-7,13-14H,4-5,8-11,17H2,(H,18,19).